The second-order valence-corrected chi connectivity index (χ2v) is 23.8. The molecule has 0 aromatic carbocycles. The molecule has 0 spiro atoms. The first-order valence-corrected chi connectivity index (χ1v) is 35.4. The maximum atomic E-state index is 14.3. The Hall–Kier alpha value is -13.1. The van der Waals surface area contributed by atoms with Gasteiger partial charge in [0.05, 0.1) is 72.6 Å². The summed E-state index contributed by atoms with van der Waals surface area (Å²) in [4.78, 5) is 165. The largest absolute Gasteiger partial charge is 0.464 e. The second kappa shape index (κ2) is 51.2. The molecule has 5 aliphatic rings. The van der Waals surface area contributed by atoms with Gasteiger partial charge in [-0.15, -0.1) is 40.8 Å². The van der Waals surface area contributed by atoms with Crippen LogP contribution in [0.5, 0.6) is 0 Å². The Morgan fingerprint density at radius 2 is 0.762 bits per heavy atom. The van der Waals surface area contributed by atoms with Gasteiger partial charge >= 0.3 is 109 Å². The van der Waals surface area contributed by atoms with Crippen LogP contribution in [0.2, 0.25) is 0 Å². The first kappa shape index (κ1) is 113. The number of allylic oxidation sites excluding steroid dienone is 3. The molecule has 2 fully saturated rings. The van der Waals surface area contributed by atoms with E-state index in [1.54, 1.807) is 0 Å². The van der Waals surface area contributed by atoms with Gasteiger partial charge in [0.1, 0.15) is 5.71 Å². The Balaban J connectivity index is 0.00000151. The molecule has 4 aromatic rings. The van der Waals surface area contributed by atoms with E-state index in [9.17, 15) is 127 Å². The Labute approximate surface area is 698 Å². The first-order chi connectivity index (χ1) is 58.1. The zero-order chi connectivity index (χ0) is 96.2. The fraction of sp³-hybridized carbons (Fsp3) is 0.565. The van der Waals surface area contributed by atoms with Crippen LogP contribution >= 0.6 is 0 Å². The number of halogens is 18. The van der Waals surface area contributed by atoms with E-state index < -0.39 is 189 Å². The summed E-state index contributed by atoms with van der Waals surface area (Å²) in [5.41, 5.74) is -6.71. The average molecular weight is 1840 g/mol. The van der Waals surface area contributed by atoms with Gasteiger partial charge in [0.25, 0.3) is 23.3 Å². The predicted molar refractivity (Wildman–Crippen MR) is 373 cm³/mol. The van der Waals surface area contributed by atoms with Gasteiger partial charge in [-0.2, -0.15) is 98.2 Å². The number of nitrogens with two attached hydrogens (primary N) is 1. The lowest BCUT2D eigenvalue weighted by Gasteiger charge is -2.64. The molecule has 0 radical (unpaired) electrons. The van der Waals surface area contributed by atoms with Crippen LogP contribution in [0.4, 0.5) is 79.0 Å². The van der Waals surface area contributed by atoms with Crippen LogP contribution in [0.3, 0.4) is 0 Å². The number of methoxy groups -OCH3 is 2. The van der Waals surface area contributed by atoms with Crippen LogP contribution in [-0.4, -0.2) is 230 Å². The highest BCUT2D eigenvalue weighted by atomic mass is 19.4. The van der Waals surface area contributed by atoms with Gasteiger partial charge in [0.15, 0.2) is 46.0 Å². The standard InChI is InChI=1S/C24H30F3NO4.C12H14F3N3O4.2C10H10F3N3O4.C8H6F3N3O4.C2H3F3N2.2CO2.CH4/c1-5-7-10-32-22(29)20-18-16-14-9-8-13(11(3)12(14)4)15(16)17(18)19(24(25,26)27)21(28-20)23(30)31-6-2;1-3-5-6-22-11(20)9-16-7(10(19)21-4-2)8(17-18-9)12(13,14)15;1-3-19-8(17)5-6(10(11,12)13)14-7(16-15-5)9(18)20-4-2;1-3-19-8(17)5-6(10(11,12)13)15-16-7(14-5)9(18)20-4-2;1-17-5(15)3-4(6(16)18-2)13-14-7(12-3)8(9,10)11;3-2(4,5)1(6)7;2*2-1-3;/h8-9,11-16,18,21H,5-7,10H2,1-4H3;3-6H2,1-2H3;2*3-4H2,1-2H3;1-2H3;(H3,6,7);;;1H4. The van der Waals surface area contributed by atoms with Gasteiger partial charge in [0.2, 0.25) is 11.4 Å². The van der Waals surface area contributed by atoms with E-state index in [0.717, 1.165) is 27.1 Å². The van der Waals surface area contributed by atoms with E-state index in [1.165, 1.54) is 41.5 Å². The van der Waals surface area contributed by atoms with Crippen molar-refractivity contribution in [1.29, 1.82) is 5.41 Å². The predicted octanol–water partition coefficient (Wildman–Crippen LogP) is 9.45. The van der Waals surface area contributed by atoms with Gasteiger partial charge in [-0.1, -0.05) is 60.1 Å². The second-order valence-electron chi connectivity index (χ2n) is 23.8. The number of dihydropyridines is 1. The molecule has 8 unspecified atom stereocenters. The molecule has 9 rings (SSSR count). The van der Waals surface area contributed by atoms with Crippen LogP contribution in [0.1, 0.15) is 210 Å². The SMILES string of the molecule is C.CCCCOC(=O)C1=NC(C(=O)OCC)C(C(F)(F)F)=C2C1C1C3C=CC(C(C)C3C)C21.CCCCOC(=O)c1nnc(C(F)(F)F)c(C(=O)OCC)n1.CCOC(=O)c1nnc(C(=O)OCC)c(C(F)(F)F)n1.CCOC(=O)c1nnc(C(F)(F)F)c(C(=O)OCC)n1.COC(=O)c1nnc(C(F)(F)F)nc1C(=O)OC.N=C(N)C(F)(F)F.O=C=O.O=C=O. The number of esters is 10. The molecule has 5 heterocycles. The van der Waals surface area contributed by atoms with E-state index in [0.29, 0.717) is 18.8 Å². The Morgan fingerprint density at radius 3 is 1.13 bits per heavy atom. The molecule has 39 nitrogen and oxygen atoms in total. The summed E-state index contributed by atoms with van der Waals surface area (Å²) < 4.78 is 273. The number of rotatable bonds is 22. The number of carbonyl (C=O) groups excluding carboxylic acids is 14. The highest BCUT2D eigenvalue weighted by Gasteiger charge is 2.67. The third-order valence-corrected chi connectivity index (χ3v) is 16.0. The number of hydrogen-bond donors (Lipinski definition) is 2. The molecule has 3 N–H and O–H groups in total. The number of fused-ring (bicyclic) bond motifs is 2. The molecule has 126 heavy (non-hydrogen) atoms. The summed E-state index contributed by atoms with van der Waals surface area (Å²) in [6.45, 7) is 16.3. The van der Waals surface area contributed by atoms with Gasteiger partial charge in [-0.25, -0.2) is 67.9 Å². The Bertz CT molecular complexity index is 4600. The number of hydrogen-bond acceptors (Lipinski definition) is 38. The third-order valence-electron chi connectivity index (χ3n) is 16.0. The summed E-state index contributed by atoms with van der Waals surface area (Å²) in [5, 5.41) is 29.4. The van der Waals surface area contributed by atoms with Crippen molar-refractivity contribution in [2.75, 3.05) is 67.1 Å². The number of ether oxygens (including phenoxy) is 10. The zero-order valence-electron chi connectivity index (χ0n) is 66.8. The normalized spacial score (nSPS) is 17.2. The van der Waals surface area contributed by atoms with E-state index in [4.69, 9.17) is 38.8 Å². The molecular formula is C69H77F18N15O24. The molecule has 698 valence electrons. The van der Waals surface area contributed by atoms with Crippen molar-refractivity contribution < 1.29 is 194 Å². The molecule has 2 saturated carbocycles. The van der Waals surface area contributed by atoms with E-state index >= 15 is 0 Å². The van der Waals surface area contributed by atoms with E-state index in [2.05, 4.69) is 125 Å². The summed E-state index contributed by atoms with van der Waals surface area (Å²) in [5.74, 6) is -18.0. The number of carbonyl (C=O) groups is 10. The Morgan fingerprint density at radius 1 is 0.413 bits per heavy atom. The molecule has 57 heteroatoms. The number of nitrogens with one attached hydrogen (secondary N) is 1. The zero-order valence-corrected chi connectivity index (χ0v) is 66.8. The lowest BCUT2D eigenvalue weighted by atomic mass is 9.40. The number of aliphatic imine (C=N–C) groups is 1. The fourth-order valence-corrected chi connectivity index (χ4v) is 10.8. The molecule has 2 bridgehead atoms. The Kier molecular flexibility index (Phi) is 45.9. The molecule has 0 amide bonds. The molecule has 4 aliphatic carbocycles. The van der Waals surface area contributed by atoms with Crippen molar-refractivity contribution in [2.45, 2.75) is 145 Å². The molecule has 1 aliphatic heterocycles. The maximum Gasteiger partial charge on any atom is 0.453 e. The van der Waals surface area contributed by atoms with Gasteiger partial charge in [-0.05, 0) is 95.5 Å². The van der Waals surface area contributed by atoms with Crippen LogP contribution < -0.4 is 5.73 Å². The van der Waals surface area contributed by atoms with Crippen molar-refractivity contribution in [3.63, 3.8) is 0 Å². The number of nitrogens with zero attached hydrogens (tertiary/aromatic N) is 13. The van der Waals surface area contributed by atoms with Crippen molar-refractivity contribution in [2.24, 2.45) is 52.2 Å². The van der Waals surface area contributed by atoms with Crippen molar-refractivity contribution in [3.05, 3.63) is 92.1 Å². The minimum absolute atomic E-state index is 0. The molecular weight excluding hydrogens is 1760 g/mol. The highest BCUT2D eigenvalue weighted by molar-refractivity contribution is 6.39. The topological polar surface area (TPSA) is 548 Å². The van der Waals surface area contributed by atoms with Crippen LogP contribution in [0.25, 0.3) is 0 Å². The lowest BCUT2D eigenvalue weighted by molar-refractivity contribution is -0.193. The quantitative estimate of drug-likeness (QED) is 0.0141. The minimum atomic E-state index is -4.99. The fourth-order valence-electron chi connectivity index (χ4n) is 10.8. The van der Waals surface area contributed by atoms with Crippen molar-refractivity contribution >= 4 is 83.5 Å². The number of alkyl halides is 18. The number of amidine groups is 1. The minimum Gasteiger partial charge on any atom is -0.464 e. The number of unbranched alkanes of at least 4 members (excludes halogenated alkanes) is 2. The van der Waals surface area contributed by atoms with Crippen molar-refractivity contribution in [3.8, 4) is 0 Å². The number of aromatic nitrogens is 12. The molecule has 0 saturated heterocycles. The highest BCUT2D eigenvalue weighted by Crippen LogP contribution is 2.67. The lowest BCUT2D eigenvalue weighted by Crippen LogP contribution is -2.63. The van der Waals surface area contributed by atoms with Crippen LogP contribution in [0, 0.1) is 46.8 Å². The maximum absolute atomic E-state index is 14.3. The summed E-state index contributed by atoms with van der Waals surface area (Å²) in [7, 11) is 1.88. The summed E-state index contributed by atoms with van der Waals surface area (Å²) >= 11 is 0. The van der Waals surface area contributed by atoms with Crippen LogP contribution in [0.15, 0.2) is 28.3 Å². The van der Waals surface area contributed by atoms with Crippen LogP contribution in [-0.2, 0) is 101 Å². The first-order valence-electron chi connectivity index (χ1n) is 35.4. The average Bonchev–Trinajstić information content (AvgIpc) is 0.674. The van der Waals surface area contributed by atoms with Gasteiger partial charge < -0.3 is 53.1 Å². The summed E-state index contributed by atoms with van der Waals surface area (Å²) in [6.07, 6.45) is -21.8. The molecule has 4 aromatic heterocycles. The van der Waals surface area contributed by atoms with Crippen molar-refractivity contribution in [1.82, 2.24) is 60.7 Å². The van der Waals surface area contributed by atoms with Gasteiger partial charge in [0, 0.05) is 5.92 Å². The summed E-state index contributed by atoms with van der Waals surface area (Å²) in [6, 6.07) is -1.88. The van der Waals surface area contributed by atoms with E-state index in [1.807, 2.05) is 19.9 Å². The third kappa shape index (κ3) is 32.2. The monoisotopic (exact) mass is 1840 g/mol. The smallest absolute Gasteiger partial charge is 0.453 e. The molecule has 8 atom stereocenters. The van der Waals surface area contributed by atoms with Gasteiger partial charge in [-0.3, -0.25) is 10.4 Å². The van der Waals surface area contributed by atoms with E-state index in [-0.39, 0.29) is 113 Å².